The maximum atomic E-state index is 13.3. The minimum atomic E-state index is -0.749. The molecule has 0 spiro atoms. The number of nitrogens with one attached hydrogen (secondary N) is 3. The van der Waals surface area contributed by atoms with Gasteiger partial charge in [0.25, 0.3) is 5.91 Å². The van der Waals surface area contributed by atoms with Gasteiger partial charge in [0.1, 0.15) is 5.82 Å². The highest BCUT2D eigenvalue weighted by atomic mass is 79.9. The fraction of sp³-hybridized carbons (Fsp3) is 0.154. The first-order valence-electron chi connectivity index (χ1n) is 6.78. The minimum absolute atomic E-state index is 0.0599. The maximum absolute atomic E-state index is 13.3. The second-order valence-electron chi connectivity index (χ2n) is 4.47. The number of carbonyl (C=O) groups is 2. The van der Waals surface area contributed by atoms with Gasteiger partial charge in [0, 0.05) is 13.1 Å². The molecule has 2 aromatic rings. The van der Waals surface area contributed by atoms with E-state index >= 15 is 0 Å². The Kier molecular flexibility index (Phi) is 6.54. The molecule has 0 saturated carbocycles. The largest absolute Gasteiger partial charge is 0.363 e. The molecular formula is C13H12BrFN6O4. The molecule has 2 rings (SSSR count). The van der Waals surface area contributed by atoms with E-state index in [9.17, 15) is 19.2 Å². The molecule has 1 aromatic carbocycles. The Labute approximate surface area is 148 Å². The van der Waals surface area contributed by atoms with Crippen LogP contribution in [0.3, 0.4) is 0 Å². The summed E-state index contributed by atoms with van der Waals surface area (Å²) < 4.78 is 18.1. The lowest BCUT2D eigenvalue weighted by molar-refractivity contribution is -0.131. The SMILES string of the molecule is O=CC(=O)NCCNc1nonc1C(=Nc1ccc(F)c(Br)c1)NO. The lowest BCUT2D eigenvalue weighted by atomic mass is 10.3. The third kappa shape index (κ3) is 5.06. The topological polar surface area (TPSA) is 142 Å². The second kappa shape index (κ2) is 8.84. The highest BCUT2D eigenvalue weighted by Crippen LogP contribution is 2.23. The van der Waals surface area contributed by atoms with E-state index in [1.54, 1.807) is 0 Å². The highest BCUT2D eigenvalue weighted by Gasteiger charge is 2.16. The van der Waals surface area contributed by atoms with Crippen LogP contribution < -0.4 is 16.1 Å². The van der Waals surface area contributed by atoms with Crippen LogP contribution in [0.5, 0.6) is 0 Å². The number of rotatable bonds is 7. The first kappa shape index (κ1) is 18.5. The summed E-state index contributed by atoms with van der Waals surface area (Å²) >= 11 is 3.04. The first-order chi connectivity index (χ1) is 12.0. The summed E-state index contributed by atoms with van der Waals surface area (Å²) in [5, 5.41) is 21.6. The van der Waals surface area contributed by atoms with Gasteiger partial charge in [-0.05, 0) is 44.4 Å². The number of aldehydes is 1. The summed E-state index contributed by atoms with van der Waals surface area (Å²) in [5.41, 5.74) is 2.26. The molecule has 0 fully saturated rings. The van der Waals surface area contributed by atoms with Crippen molar-refractivity contribution in [3.63, 3.8) is 0 Å². The standard InChI is InChI=1S/C13H12BrFN6O4/c14-8-5-7(1-2-9(8)15)18-13(19-24)11-12(21-25-20-11)17-4-3-16-10(23)6-22/h1-2,5-6,24H,3-4H2,(H,16,23)(H,17,21)(H,18,19). The third-order valence-electron chi connectivity index (χ3n) is 2.79. The molecule has 12 heteroatoms. The Bertz CT molecular complexity index is 797. The molecule has 1 aromatic heterocycles. The minimum Gasteiger partial charge on any atom is -0.363 e. The summed E-state index contributed by atoms with van der Waals surface area (Å²) in [6.45, 7) is 0.357. The van der Waals surface area contributed by atoms with Crippen molar-refractivity contribution in [1.82, 2.24) is 21.1 Å². The Balaban J connectivity index is 2.11. The van der Waals surface area contributed by atoms with E-state index in [1.807, 2.05) is 5.48 Å². The molecule has 0 aliphatic rings. The van der Waals surface area contributed by atoms with Crippen molar-refractivity contribution in [2.45, 2.75) is 0 Å². The maximum Gasteiger partial charge on any atom is 0.284 e. The fourth-order valence-electron chi connectivity index (χ4n) is 1.68. The number of carbonyl (C=O) groups excluding carboxylic acids is 2. The molecule has 0 unspecified atom stereocenters. The van der Waals surface area contributed by atoms with Crippen molar-refractivity contribution in [1.29, 1.82) is 0 Å². The van der Waals surface area contributed by atoms with Gasteiger partial charge in [-0.2, -0.15) is 0 Å². The van der Waals surface area contributed by atoms with E-state index in [1.165, 1.54) is 18.2 Å². The Morgan fingerprint density at radius 2 is 2.20 bits per heavy atom. The number of benzene rings is 1. The molecule has 10 nitrogen and oxygen atoms in total. The summed E-state index contributed by atoms with van der Waals surface area (Å²) in [4.78, 5) is 25.1. The van der Waals surface area contributed by atoms with Gasteiger partial charge < -0.3 is 10.6 Å². The molecule has 25 heavy (non-hydrogen) atoms. The smallest absolute Gasteiger partial charge is 0.284 e. The van der Waals surface area contributed by atoms with Crippen molar-refractivity contribution in [2.75, 3.05) is 18.4 Å². The van der Waals surface area contributed by atoms with E-state index in [0.717, 1.165) is 0 Å². The zero-order valence-electron chi connectivity index (χ0n) is 12.5. The number of amidine groups is 1. The van der Waals surface area contributed by atoms with Crippen molar-refractivity contribution in [3.8, 4) is 0 Å². The molecule has 0 radical (unpaired) electrons. The summed E-state index contributed by atoms with van der Waals surface area (Å²) in [7, 11) is 0. The van der Waals surface area contributed by atoms with Crippen molar-refractivity contribution >= 4 is 45.5 Å². The molecule has 0 bridgehead atoms. The van der Waals surface area contributed by atoms with Crippen LogP contribution in [0.1, 0.15) is 5.69 Å². The average Bonchev–Trinajstić information content (AvgIpc) is 3.07. The molecule has 0 saturated heterocycles. The van der Waals surface area contributed by atoms with Gasteiger partial charge in [0.05, 0.1) is 10.2 Å². The lowest BCUT2D eigenvalue weighted by Gasteiger charge is -2.06. The van der Waals surface area contributed by atoms with E-state index in [2.05, 4.69) is 46.5 Å². The number of hydroxylamine groups is 1. The van der Waals surface area contributed by atoms with E-state index in [0.29, 0.717) is 5.69 Å². The van der Waals surface area contributed by atoms with Gasteiger partial charge in [-0.15, -0.1) is 0 Å². The van der Waals surface area contributed by atoms with Gasteiger partial charge in [-0.25, -0.2) is 14.0 Å². The van der Waals surface area contributed by atoms with Crippen LogP contribution in [0.15, 0.2) is 32.3 Å². The van der Waals surface area contributed by atoms with Crippen LogP contribution >= 0.6 is 15.9 Å². The number of nitrogens with zero attached hydrogens (tertiary/aromatic N) is 3. The zero-order chi connectivity index (χ0) is 18.2. The fourth-order valence-corrected chi connectivity index (χ4v) is 2.05. The van der Waals surface area contributed by atoms with Gasteiger partial charge >= 0.3 is 0 Å². The van der Waals surface area contributed by atoms with Gasteiger partial charge in [0.2, 0.25) is 12.1 Å². The van der Waals surface area contributed by atoms with Crippen LogP contribution in [-0.4, -0.2) is 46.6 Å². The number of anilines is 1. The summed E-state index contributed by atoms with van der Waals surface area (Å²) in [6, 6.07) is 4.00. The second-order valence-corrected chi connectivity index (χ2v) is 5.32. The van der Waals surface area contributed by atoms with E-state index in [4.69, 9.17) is 0 Å². The Morgan fingerprint density at radius 3 is 2.88 bits per heavy atom. The van der Waals surface area contributed by atoms with Crippen molar-refractivity contribution < 1.29 is 23.8 Å². The predicted octanol–water partition coefficient (Wildman–Crippen LogP) is 0.755. The Hall–Kier alpha value is -2.86. The zero-order valence-corrected chi connectivity index (χ0v) is 14.1. The van der Waals surface area contributed by atoms with Gasteiger partial charge in [-0.1, -0.05) is 0 Å². The number of aliphatic imine (C=N–C) groups is 1. The van der Waals surface area contributed by atoms with Crippen molar-refractivity contribution in [2.24, 2.45) is 4.99 Å². The van der Waals surface area contributed by atoms with Gasteiger partial charge in [0.15, 0.2) is 11.5 Å². The molecule has 0 atom stereocenters. The molecule has 1 amide bonds. The lowest BCUT2D eigenvalue weighted by Crippen LogP contribution is -2.30. The number of hydrogen-bond acceptors (Lipinski definition) is 8. The molecule has 0 aliphatic heterocycles. The molecule has 0 aliphatic carbocycles. The summed E-state index contributed by atoms with van der Waals surface area (Å²) in [6.07, 6.45) is 0.157. The van der Waals surface area contributed by atoms with Crippen LogP contribution in [0.2, 0.25) is 0 Å². The first-order valence-corrected chi connectivity index (χ1v) is 7.58. The number of hydrogen-bond donors (Lipinski definition) is 4. The summed E-state index contributed by atoms with van der Waals surface area (Å²) in [5.74, 6) is -1.16. The molecule has 4 N–H and O–H groups in total. The monoisotopic (exact) mass is 414 g/mol. The molecule has 1 heterocycles. The van der Waals surface area contributed by atoms with Crippen molar-refractivity contribution in [3.05, 3.63) is 34.2 Å². The van der Waals surface area contributed by atoms with E-state index < -0.39 is 11.7 Å². The van der Waals surface area contributed by atoms with Gasteiger partial charge in [-0.3, -0.25) is 20.3 Å². The average molecular weight is 415 g/mol. The van der Waals surface area contributed by atoms with Crippen LogP contribution in [0, 0.1) is 5.82 Å². The third-order valence-corrected chi connectivity index (χ3v) is 3.39. The predicted molar refractivity (Wildman–Crippen MR) is 87.1 cm³/mol. The molecular weight excluding hydrogens is 403 g/mol. The number of aromatic nitrogens is 2. The van der Waals surface area contributed by atoms with E-state index in [-0.39, 0.29) is 41.2 Å². The number of halogens is 2. The number of amides is 1. The normalized spacial score (nSPS) is 11.1. The Morgan fingerprint density at radius 1 is 1.40 bits per heavy atom. The molecule has 132 valence electrons. The van der Waals surface area contributed by atoms with Crippen LogP contribution in [0.25, 0.3) is 0 Å². The highest BCUT2D eigenvalue weighted by molar-refractivity contribution is 9.10. The van der Waals surface area contributed by atoms with Crippen LogP contribution in [-0.2, 0) is 9.59 Å². The quantitative estimate of drug-likeness (QED) is 0.130. The van der Waals surface area contributed by atoms with Crippen LogP contribution in [0.4, 0.5) is 15.9 Å².